The second-order valence-electron chi connectivity index (χ2n) is 5.78. The fourth-order valence-electron chi connectivity index (χ4n) is 2.71. The van der Waals surface area contributed by atoms with Crippen LogP contribution >= 0.6 is 0 Å². The number of pyridine rings is 1. The third-order valence-electron chi connectivity index (χ3n) is 4.07. The molecule has 2 N–H and O–H groups in total. The van der Waals surface area contributed by atoms with Crippen LogP contribution in [-0.4, -0.2) is 48.6 Å². The van der Waals surface area contributed by atoms with E-state index in [-0.39, 0.29) is 4.90 Å². The molecule has 7 nitrogen and oxygen atoms in total. The van der Waals surface area contributed by atoms with E-state index in [2.05, 4.69) is 10.2 Å². The monoisotopic (exact) mass is 367 g/mol. The fourth-order valence-corrected chi connectivity index (χ4v) is 3.98. The van der Waals surface area contributed by atoms with Crippen molar-refractivity contribution in [3.63, 3.8) is 0 Å². The topological polar surface area (TPSA) is 91.6 Å². The normalized spacial score (nSPS) is 16.0. The summed E-state index contributed by atoms with van der Waals surface area (Å²) in [7, 11) is -4.28. The van der Waals surface area contributed by atoms with Gasteiger partial charge in [-0.2, -0.15) is 0 Å². The molecule has 1 aromatic carbocycles. The highest BCUT2D eigenvalue weighted by Crippen LogP contribution is 2.18. The Morgan fingerprint density at radius 3 is 2.60 bits per heavy atom. The van der Waals surface area contributed by atoms with Crippen LogP contribution in [0.25, 0.3) is 0 Å². The maximum atomic E-state index is 13.3. The van der Waals surface area contributed by atoms with E-state index in [1.165, 1.54) is 18.2 Å². The van der Waals surface area contributed by atoms with Crippen LogP contribution in [0.3, 0.4) is 0 Å². The molecule has 0 amide bonds. The number of rotatable bonds is 4. The molecule has 1 aliphatic rings. The van der Waals surface area contributed by atoms with Crippen LogP contribution in [0.4, 0.5) is 4.39 Å². The van der Waals surface area contributed by atoms with E-state index in [0.29, 0.717) is 16.1 Å². The molecule has 134 valence electrons. The van der Waals surface area contributed by atoms with Gasteiger partial charge in [-0.05, 0) is 24.3 Å². The molecule has 0 spiro atoms. The van der Waals surface area contributed by atoms with Gasteiger partial charge in [0.05, 0.1) is 4.90 Å². The van der Waals surface area contributed by atoms with Crippen LogP contribution in [0, 0.1) is 5.82 Å². The van der Waals surface area contributed by atoms with Gasteiger partial charge in [0.15, 0.2) is 5.75 Å². The zero-order chi connectivity index (χ0) is 18.0. The highest BCUT2D eigenvalue weighted by molar-refractivity contribution is 7.90. The van der Waals surface area contributed by atoms with Gasteiger partial charge in [-0.1, -0.05) is 6.07 Å². The van der Waals surface area contributed by atoms with E-state index in [4.69, 9.17) is 0 Å². The molecule has 1 aliphatic heterocycles. The van der Waals surface area contributed by atoms with E-state index in [9.17, 15) is 22.7 Å². The van der Waals surface area contributed by atoms with Gasteiger partial charge >= 0.3 is 5.56 Å². The maximum Gasteiger partial charge on any atom is 0.306 e. The number of hydrogen-bond acceptors (Lipinski definition) is 6. The minimum atomic E-state index is -4.28. The van der Waals surface area contributed by atoms with Crippen molar-refractivity contribution in [2.24, 2.45) is 0 Å². The van der Waals surface area contributed by atoms with Crippen LogP contribution in [0.1, 0.15) is 5.56 Å². The first-order valence-corrected chi connectivity index (χ1v) is 9.21. The largest absolute Gasteiger partial charge is 0.503 e. The molecule has 0 saturated carbocycles. The smallest absolute Gasteiger partial charge is 0.306 e. The molecular weight excluding hydrogens is 349 g/mol. The summed E-state index contributed by atoms with van der Waals surface area (Å²) in [5, 5.41) is 13.4. The van der Waals surface area contributed by atoms with Gasteiger partial charge in [-0.15, -0.1) is 0 Å². The molecule has 0 aliphatic carbocycles. The molecule has 1 saturated heterocycles. The van der Waals surface area contributed by atoms with Gasteiger partial charge in [0.1, 0.15) is 5.82 Å². The Labute approximate surface area is 144 Å². The van der Waals surface area contributed by atoms with Crippen LogP contribution < -0.4 is 10.9 Å². The lowest BCUT2D eigenvalue weighted by atomic mass is 10.2. The number of hydrogen-bond donors (Lipinski definition) is 2. The first-order valence-electron chi connectivity index (χ1n) is 7.77. The molecule has 0 bridgehead atoms. The Balaban J connectivity index is 1.96. The zero-order valence-corrected chi connectivity index (χ0v) is 14.2. The molecule has 2 aromatic rings. The summed E-state index contributed by atoms with van der Waals surface area (Å²) in [5.74, 6) is -1.34. The SMILES string of the molecule is O=c1c(O)c(CN2CCNCC2)ccn1S(=O)(=O)c1cccc(F)c1. The Hall–Kier alpha value is -2.23. The van der Waals surface area contributed by atoms with Crippen molar-refractivity contribution in [2.75, 3.05) is 26.2 Å². The van der Waals surface area contributed by atoms with E-state index in [1.807, 2.05) is 0 Å². The van der Waals surface area contributed by atoms with Crippen LogP contribution in [0.2, 0.25) is 0 Å². The van der Waals surface area contributed by atoms with Crippen molar-refractivity contribution in [1.29, 1.82) is 0 Å². The Kier molecular flexibility index (Phi) is 4.89. The summed E-state index contributed by atoms with van der Waals surface area (Å²) in [5.41, 5.74) is -0.686. The molecular formula is C16H18FN3O4S. The lowest BCUT2D eigenvalue weighted by Crippen LogP contribution is -2.43. The minimum absolute atomic E-state index is 0.351. The maximum absolute atomic E-state index is 13.3. The van der Waals surface area contributed by atoms with Crippen molar-refractivity contribution < 1.29 is 17.9 Å². The molecule has 0 unspecified atom stereocenters. The minimum Gasteiger partial charge on any atom is -0.503 e. The molecule has 1 aromatic heterocycles. The predicted molar refractivity (Wildman–Crippen MR) is 89.5 cm³/mol. The highest BCUT2D eigenvalue weighted by atomic mass is 32.2. The van der Waals surface area contributed by atoms with Gasteiger partial charge in [-0.25, -0.2) is 16.8 Å². The molecule has 9 heteroatoms. The predicted octanol–water partition coefficient (Wildman–Crippen LogP) is 0.335. The van der Waals surface area contributed by atoms with Crippen LogP contribution in [0.15, 0.2) is 46.2 Å². The summed E-state index contributed by atoms with van der Waals surface area (Å²) in [6, 6.07) is 5.77. The zero-order valence-electron chi connectivity index (χ0n) is 13.4. The van der Waals surface area contributed by atoms with Crippen molar-refractivity contribution in [1.82, 2.24) is 14.2 Å². The van der Waals surface area contributed by atoms with E-state index >= 15 is 0 Å². The third kappa shape index (κ3) is 3.58. The van der Waals surface area contributed by atoms with E-state index < -0.39 is 27.1 Å². The number of aromatic nitrogens is 1. The van der Waals surface area contributed by atoms with Gasteiger partial charge in [-0.3, -0.25) is 9.69 Å². The second-order valence-corrected chi connectivity index (χ2v) is 7.59. The number of aromatic hydroxyl groups is 1. The summed E-state index contributed by atoms with van der Waals surface area (Å²) in [6.45, 7) is 3.51. The van der Waals surface area contributed by atoms with Crippen molar-refractivity contribution >= 4 is 10.0 Å². The number of nitrogens with zero attached hydrogens (tertiary/aromatic N) is 2. The van der Waals surface area contributed by atoms with Gasteiger partial charge in [0.2, 0.25) is 0 Å². The quantitative estimate of drug-likeness (QED) is 0.810. The first kappa shape index (κ1) is 17.6. The molecule has 0 radical (unpaired) electrons. The Bertz CT molecular complexity index is 937. The first-order chi connectivity index (χ1) is 11.9. The standard InChI is InChI=1S/C16H18FN3O4S/c17-13-2-1-3-14(10-13)25(23,24)20-7-4-12(15(21)16(20)22)11-19-8-5-18-6-9-19/h1-4,7,10,18,21H,5-6,8-9,11H2. The summed E-state index contributed by atoms with van der Waals surface area (Å²) in [4.78, 5) is 14.0. The lowest BCUT2D eigenvalue weighted by molar-refractivity contribution is 0.230. The number of halogens is 1. The Morgan fingerprint density at radius 2 is 1.92 bits per heavy atom. The molecule has 25 heavy (non-hydrogen) atoms. The van der Waals surface area contributed by atoms with Gasteiger partial charge in [0, 0.05) is 44.5 Å². The molecule has 0 atom stereocenters. The Morgan fingerprint density at radius 1 is 1.20 bits per heavy atom. The number of nitrogens with one attached hydrogen (secondary N) is 1. The van der Waals surface area contributed by atoms with E-state index in [1.54, 1.807) is 0 Å². The molecule has 1 fully saturated rings. The molecule has 2 heterocycles. The van der Waals surface area contributed by atoms with Crippen LogP contribution in [0.5, 0.6) is 5.75 Å². The van der Waals surface area contributed by atoms with Crippen LogP contribution in [-0.2, 0) is 16.6 Å². The summed E-state index contributed by atoms with van der Waals surface area (Å²) in [6.07, 6.45) is 1.10. The van der Waals surface area contributed by atoms with Crippen molar-refractivity contribution in [3.05, 3.63) is 58.3 Å². The fraction of sp³-hybridized carbons (Fsp3) is 0.312. The highest BCUT2D eigenvalue weighted by Gasteiger charge is 2.22. The van der Waals surface area contributed by atoms with Crippen molar-refractivity contribution in [3.8, 4) is 5.75 Å². The number of piperazine rings is 1. The lowest BCUT2D eigenvalue weighted by Gasteiger charge is -2.27. The average Bonchev–Trinajstić information content (AvgIpc) is 2.60. The number of benzene rings is 1. The third-order valence-corrected chi connectivity index (χ3v) is 5.73. The van der Waals surface area contributed by atoms with Gasteiger partial charge < -0.3 is 10.4 Å². The van der Waals surface area contributed by atoms with Crippen molar-refractivity contribution in [2.45, 2.75) is 11.4 Å². The van der Waals surface area contributed by atoms with Gasteiger partial charge in [0.25, 0.3) is 10.0 Å². The summed E-state index contributed by atoms with van der Waals surface area (Å²) < 4.78 is 38.8. The molecule has 3 rings (SSSR count). The van der Waals surface area contributed by atoms with E-state index in [0.717, 1.165) is 44.5 Å². The summed E-state index contributed by atoms with van der Waals surface area (Å²) >= 11 is 0. The average molecular weight is 367 g/mol. The second kappa shape index (κ2) is 6.95.